The Morgan fingerprint density at radius 3 is 2.06 bits per heavy atom. The van der Waals surface area contributed by atoms with Crippen LogP contribution in [0, 0.1) is 0 Å². The zero-order chi connectivity index (χ0) is 13.4. The van der Waals surface area contributed by atoms with E-state index in [2.05, 4.69) is 4.31 Å². The molecule has 2 atom stereocenters. The maximum atomic E-state index is 12.1. The van der Waals surface area contributed by atoms with E-state index < -0.39 is 23.7 Å². The Balaban J connectivity index is 4.56. The lowest BCUT2D eigenvalue weighted by molar-refractivity contribution is 0.388. The van der Waals surface area contributed by atoms with E-state index in [0.29, 0.717) is 12.6 Å². The standard InChI is InChI=1S/C9H21O5P3/c1-4-6-8-16(3,11)14-17(12,13-15-10)9-7-5-2/h4-9H2,1-3H3. The van der Waals surface area contributed by atoms with Gasteiger partial charge in [-0.3, -0.25) is 13.4 Å². The van der Waals surface area contributed by atoms with Crippen molar-refractivity contribution in [3.05, 3.63) is 0 Å². The molecule has 0 radical (unpaired) electrons. The molecule has 0 rings (SSSR count). The van der Waals surface area contributed by atoms with Crippen LogP contribution in [0.2, 0.25) is 0 Å². The lowest BCUT2D eigenvalue weighted by atomic mass is 10.4. The Kier molecular flexibility index (Phi) is 8.80. The van der Waals surface area contributed by atoms with Crippen LogP contribution < -0.4 is 0 Å². The Labute approximate surface area is 105 Å². The van der Waals surface area contributed by atoms with Crippen LogP contribution in [0.3, 0.4) is 0 Å². The molecular formula is C9H21O5P3. The van der Waals surface area contributed by atoms with E-state index in [-0.39, 0.29) is 6.16 Å². The fourth-order valence-corrected chi connectivity index (χ4v) is 6.72. The van der Waals surface area contributed by atoms with Crippen molar-refractivity contribution in [1.82, 2.24) is 0 Å². The minimum atomic E-state index is -3.49. The summed E-state index contributed by atoms with van der Waals surface area (Å²) in [5.41, 5.74) is 0. The molecule has 0 spiro atoms. The summed E-state index contributed by atoms with van der Waals surface area (Å²) in [5, 5.41) is 0. The van der Waals surface area contributed by atoms with E-state index in [0.717, 1.165) is 19.3 Å². The molecule has 0 aliphatic rings. The average Bonchev–Trinajstić information content (AvgIpc) is 2.23. The molecule has 8 heteroatoms. The van der Waals surface area contributed by atoms with Crippen LogP contribution in [-0.4, -0.2) is 19.0 Å². The highest BCUT2D eigenvalue weighted by atomic mass is 31.3. The Bertz CT molecular complexity index is 318. The first-order chi connectivity index (χ1) is 7.89. The van der Waals surface area contributed by atoms with E-state index in [9.17, 15) is 13.7 Å². The molecule has 17 heavy (non-hydrogen) atoms. The van der Waals surface area contributed by atoms with Crippen LogP contribution in [0.15, 0.2) is 0 Å². The van der Waals surface area contributed by atoms with Crippen molar-refractivity contribution in [2.75, 3.05) is 19.0 Å². The van der Waals surface area contributed by atoms with Gasteiger partial charge in [-0.25, -0.2) is 8.88 Å². The molecule has 0 aromatic rings. The van der Waals surface area contributed by atoms with Gasteiger partial charge < -0.3 is 0 Å². The molecule has 0 bridgehead atoms. The number of hydrogen-bond acceptors (Lipinski definition) is 5. The van der Waals surface area contributed by atoms with Crippen molar-refractivity contribution in [2.45, 2.75) is 39.5 Å². The molecule has 0 heterocycles. The van der Waals surface area contributed by atoms with Gasteiger partial charge in [0.1, 0.15) is 0 Å². The molecule has 0 amide bonds. The molecular weight excluding hydrogens is 281 g/mol. The van der Waals surface area contributed by atoms with Gasteiger partial charge >= 0.3 is 16.3 Å². The van der Waals surface area contributed by atoms with Gasteiger partial charge in [-0.1, -0.05) is 26.7 Å². The van der Waals surface area contributed by atoms with Gasteiger partial charge in [0.2, 0.25) is 7.37 Å². The number of hydrogen-bond donors (Lipinski definition) is 0. The van der Waals surface area contributed by atoms with Crippen molar-refractivity contribution >= 4 is 23.7 Å². The second-order valence-electron chi connectivity index (χ2n) is 4.02. The molecule has 0 aliphatic carbocycles. The average molecular weight is 302 g/mol. The van der Waals surface area contributed by atoms with Crippen molar-refractivity contribution in [2.24, 2.45) is 0 Å². The van der Waals surface area contributed by atoms with E-state index in [1.807, 2.05) is 13.8 Å². The third kappa shape index (κ3) is 8.24. The Hall–Kier alpha value is 0.480. The molecule has 0 aromatic heterocycles. The van der Waals surface area contributed by atoms with E-state index in [1.165, 1.54) is 6.66 Å². The molecule has 0 saturated heterocycles. The highest BCUT2D eigenvalue weighted by Gasteiger charge is 2.32. The maximum absolute atomic E-state index is 12.1. The highest BCUT2D eigenvalue weighted by Crippen LogP contribution is 2.64. The van der Waals surface area contributed by atoms with Gasteiger partial charge in [0.25, 0.3) is 0 Å². The zero-order valence-corrected chi connectivity index (χ0v) is 13.3. The molecule has 102 valence electrons. The molecule has 0 aromatic carbocycles. The van der Waals surface area contributed by atoms with Crippen LogP contribution >= 0.6 is 23.7 Å². The lowest BCUT2D eigenvalue weighted by Crippen LogP contribution is -1.97. The molecule has 0 aliphatic heterocycles. The molecule has 0 saturated carbocycles. The molecule has 5 nitrogen and oxygen atoms in total. The predicted octanol–water partition coefficient (Wildman–Crippen LogP) is 4.93. The van der Waals surface area contributed by atoms with Crippen LogP contribution in [-0.2, 0) is 22.3 Å². The van der Waals surface area contributed by atoms with Gasteiger partial charge in [0.05, 0.1) is 6.16 Å². The Morgan fingerprint density at radius 2 is 1.59 bits per heavy atom. The van der Waals surface area contributed by atoms with Crippen LogP contribution in [0.4, 0.5) is 0 Å². The third-order valence-corrected chi connectivity index (χ3v) is 7.79. The first kappa shape index (κ1) is 17.5. The summed E-state index contributed by atoms with van der Waals surface area (Å²) in [6, 6.07) is 0. The number of unbranched alkanes of at least 4 members (excludes halogenated alkanes) is 2. The minimum Gasteiger partial charge on any atom is -0.293 e. The quantitative estimate of drug-likeness (QED) is 0.535. The van der Waals surface area contributed by atoms with Crippen molar-refractivity contribution in [3.63, 3.8) is 0 Å². The maximum Gasteiger partial charge on any atom is 0.346 e. The topological polar surface area (TPSA) is 69.7 Å². The van der Waals surface area contributed by atoms with Gasteiger partial charge in [-0.2, -0.15) is 0 Å². The first-order valence-corrected chi connectivity index (χ1v) is 10.5. The number of rotatable bonds is 10. The predicted molar refractivity (Wildman–Crippen MR) is 70.5 cm³/mol. The summed E-state index contributed by atoms with van der Waals surface area (Å²) in [6.45, 7) is 5.36. The summed E-state index contributed by atoms with van der Waals surface area (Å²) < 4.78 is 44.4. The fraction of sp³-hybridized carbons (Fsp3) is 1.00. The smallest absolute Gasteiger partial charge is 0.293 e. The Morgan fingerprint density at radius 1 is 1.06 bits per heavy atom. The molecule has 2 unspecified atom stereocenters. The minimum absolute atomic E-state index is 0.155. The summed E-state index contributed by atoms with van der Waals surface area (Å²) in [4.78, 5) is 0. The zero-order valence-electron chi connectivity index (χ0n) is 10.6. The summed E-state index contributed by atoms with van der Waals surface area (Å²) in [6.07, 6.45) is 3.61. The van der Waals surface area contributed by atoms with Crippen molar-refractivity contribution in [3.8, 4) is 0 Å². The largest absolute Gasteiger partial charge is 0.346 e. The van der Waals surface area contributed by atoms with Gasteiger partial charge in [-0.15, -0.1) is 0 Å². The monoisotopic (exact) mass is 302 g/mol. The van der Waals surface area contributed by atoms with Crippen molar-refractivity contribution < 1.29 is 22.3 Å². The fourth-order valence-electron chi connectivity index (χ4n) is 1.25. The second kappa shape index (κ2) is 8.56. The lowest BCUT2D eigenvalue weighted by Gasteiger charge is -2.19. The first-order valence-electron chi connectivity index (χ1n) is 5.77. The van der Waals surface area contributed by atoms with E-state index in [4.69, 9.17) is 4.31 Å². The highest BCUT2D eigenvalue weighted by molar-refractivity contribution is 7.70. The SMILES string of the molecule is CCCCP(C)(=O)OP(=O)(CCCC)OP=O. The van der Waals surface area contributed by atoms with Gasteiger partial charge in [0, 0.05) is 12.8 Å². The van der Waals surface area contributed by atoms with Gasteiger partial charge in [0.15, 0.2) is 0 Å². The summed E-state index contributed by atoms with van der Waals surface area (Å²) in [7, 11) is -7.11. The summed E-state index contributed by atoms with van der Waals surface area (Å²) >= 11 is 0. The molecule has 0 fully saturated rings. The normalized spacial score (nSPS) is 18.8. The van der Waals surface area contributed by atoms with Crippen LogP contribution in [0.1, 0.15) is 39.5 Å². The third-order valence-electron chi connectivity index (χ3n) is 2.16. The molecule has 0 N–H and O–H groups in total. The van der Waals surface area contributed by atoms with Crippen LogP contribution in [0.25, 0.3) is 0 Å². The van der Waals surface area contributed by atoms with Gasteiger partial charge in [-0.05, 0) is 12.8 Å². The summed E-state index contributed by atoms with van der Waals surface area (Å²) in [5.74, 6) is 0. The van der Waals surface area contributed by atoms with E-state index >= 15 is 0 Å². The van der Waals surface area contributed by atoms with Crippen molar-refractivity contribution in [1.29, 1.82) is 0 Å². The second-order valence-corrected chi connectivity index (χ2v) is 9.62. The van der Waals surface area contributed by atoms with Crippen LogP contribution in [0.5, 0.6) is 0 Å². The van der Waals surface area contributed by atoms with E-state index in [1.54, 1.807) is 0 Å².